The number of para-hydroxylation sites is 1. The van der Waals surface area contributed by atoms with E-state index in [-0.39, 0.29) is 5.91 Å². The van der Waals surface area contributed by atoms with Gasteiger partial charge in [0.15, 0.2) is 0 Å². The van der Waals surface area contributed by atoms with E-state index in [0.717, 1.165) is 22.2 Å². The summed E-state index contributed by atoms with van der Waals surface area (Å²) in [4.78, 5) is 16.6. The van der Waals surface area contributed by atoms with Crippen molar-refractivity contribution in [2.24, 2.45) is 0 Å². The van der Waals surface area contributed by atoms with Crippen LogP contribution in [0.25, 0.3) is 10.9 Å². The van der Waals surface area contributed by atoms with Crippen molar-refractivity contribution in [1.29, 1.82) is 0 Å². The lowest BCUT2D eigenvalue weighted by Crippen LogP contribution is -2.12. The topological polar surface area (TPSA) is 42.0 Å². The first kappa shape index (κ1) is 13.6. The number of nitrogens with one attached hydrogen (secondary N) is 1. The van der Waals surface area contributed by atoms with Gasteiger partial charge in [-0.25, -0.2) is 0 Å². The number of anilines is 1. The fourth-order valence-electron chi connectivity index (χ4n) is 2.23. The fraction of sp³-hybridized carbons (Fsp3) is 0.0588. The lowest BCUT2D eigenvalue weighted by molar-refractivity contribution is 0.102. The molecule has 1 amide bonds. The minimum Gasteiger partial charge on any atom is -0.321 e. The average Bonchev–Trinajstić information content (AvgIpc) is 2.49. The molecular weight excluding hydrogens is 284 g/mol. The molecule has 3 aromatic rings. The van der Waals surface area contributed by atoms with Gasteiger partial charge < -0.3 is 5.32 Å². The molecule has 2 aromatic carbocycles. The summed E-state index contributed by atoms with van der Waals surface area (Å²) in [5, 5.41) is 4.46. The molecule has 3 rings (SSSR count). The molecule has 0 atom stereocenters. The van der Waals surface area contributed by atoms with E-state index in [0.29, 0.717) is 10.6 Å². The van der Waals surface area contributed by atoms with E-state index in [9.17, 15) is 4.79 Å². The van der Waals surface area contributed by atoms with E-state index in [1.165, 1.54) is 0 Å². The highest BCUT2D eigenvalue weighted by molar-refractivity contribution is 6.30. The van der Waals surface area contributed by atoms with Crippen LogP contribution in [0.4, 0.5) is 5.69 Å². The van der Waals surface area contributed by atoms with Crippen LogP contribution in [0.15, 0.2) is 54.7 Å². The monoisotopic (exact) mass is 296 g/mol. The van der Waals surface area contributed by atoms with Gasteiger partial charge in [0.05, 0.1) is 11.2 Å². The second-order valence-corrected chi connectivity index (χ2v) is 5.23. The van der Waals surface area contributed by atoms with Crippen molar-refractivity contribution >= 4 is 34.1 Å². The lowest BCUT2D eigenvalue weighted by Gasteiger charge is -2.09. The Labute approximate surface area is 127 Å². The van der Waals surface area contributed by atoms with Crippen molar-refractivity contribution in [3.05, 3.63) is 70.9 Å². The van der Waals surface area contributed by atoms with E-state index in [2.05, 4.69) is 10.3 Å². The average molecular weight is 297 g/mol. The second-order valence-electron chi connectivity index (χ2n) is 4.79. The number of rotatable bonds is 2. The van der Waals surface area contributed by atoms with E-state index >= 15 is 0 Å². The summed E-state index contributed by atoms with van der Waals surface area (Å²) in [6, 6.07) is 14.5. The molecule has 0 radical (unpaired) electrons. The number of carbonyl (C=O) groups excluding carboxylic acids is 1. The number of hydrogen-bond acceptors (Lipinski definition) is 2. The number of nitrogens with zero attached hydrogens (tertiary/aromatic N) is 1. The van der Waals surface area contributed by atoms with E-state index in [1.807, 2.05) is 25.1 Å². The van der Waals surface area contributed by atoms with Gasteiger partial charge in [-0.2, -0.15) is 0 Å². The van der Waals surface area contributed by atoms with Crippen LogP contribution in [0.1, 0.15) is 15.9 Å². The Kier molecular flexibility index (Phi) is 3.59. The smallest absolute Gasteiger partial charge is 0.255 e. The fourth-order valence-corrected chi connectivity index (χ4v) is 2.35. The Morgan fingerprint density at radius 3 is 2.62 bits per heavy atom. The molecule has 0 unspecified atom stereocenters. The number of aromatic nitrogens is 1. The van der Waals surface area contributed by atoms with Crippen molar-refractivity contribution in [1.82, 2.24) is 4.98 Å². The normalized spacial score (nSPS) is 10.6. The Morgan fingerprint density at radius 1 is 1.10 bits per heavy atom. The number of carbonyl (C=O) groups is 1. The number of amides is 1. The molecule has 0 aliphatic carbocycles. The van der Waals surface area contributed by atoms with Crippen molar-refractivity contribution in [3.8, 4) is 0 Å². The van der Waals surface area contributed by atoms with E-state index in [1.54, 1.807) is 36.5 Å². The molecule has 1 heterocycles. The maximum absolute atomic E-state index is 12.3. The summed E-state index contributed by atoms with van der Waals surface area (Å²) < 4.78 is 0. The SMILES string of the molecule is Cc1cccc2c(NC(=O)c3ccc(Cl)cc3)ccnc12. The summed E-state index contributed by atoms with van der Waals surface area (Å²) >= 11 is 5.83. The second kappa shape index (κ2) is 5.54. The highest BCUT2D eigenvalue weighted by atomic mass is 35.5. The number of hydrogen-bond donors (Lipinski definition) is 1. The van der Waals surface area contributed by atoms with Crippen LogP contribution in [0.3, 0.4) is 0 Å². The van der Waals surface area contributed by atoms with Gasteiger partial charge in [0.1, 0.15) is 0 Å². The van der Waals surface area contributed by atoms with Crippen molar-refractivity contribution in [3.63, 3.8) is 0 Å². The van der Waals surface area contributed by atoms with E-state index in [4.69, 9.17) is 11.6 Å². The van der Waals surface area contributed by atoms with Crippen molar-refractivity contribution < 1.29 is 4.79 Å². The summed E-state index contributed by atoms with van der Waals surface area (Å²) in [5.74, 6) is -0.166. The summed E-state index contributed by atoms with van der Waals surface area (Å²) in [6.07, 6.45) is 1.70. The van der Waals surface area contributed by atoms with Gasteiger partial charge in [0, 0.05) is 22.2 Å². The van der Waals surface area contributed by atoms with Gasteiger partial charge in [0.25, 0.3) is 5.91 Å². The number of benzene rings is 2. The molecule has 21 heavy (non-hydrogen) atoms. The molecule has 0 spiro atoms. The number of aryl methyl sites for hydroxylation is 1. The van der Waals surface area contributed by atoms with E-state index < -0.39 is 0 Å². The van der Waals surface area contributed by atoms with Gasteiger partial charge in [0.2, 0.25) is 0 Å². The highest BCUT2D eigenvalue weighted by Crippen LogP contribution is 2.24. The minimum absolute atomic E-state index is 0.166. The van der Waals surface area contributed by atoms with Crippen molar-refractivity contribution in [2.45, 2.75) is 6.92 Å². The number of fused-ring (bicyclic) bond motifs is 1. The quantitative estimate of drug-likeness (QED) is 0.759. The molecule has 104 valence electrons. The molecule has 0 fully saturated rings. The van der Waals surface area contributed by atoms with Crippen LogP contribution in [-0.4, -0.2) is 10.9 Å². The molecule has 3 nitrogen and oxygen atoms in total. The van der Waals surface area contributed by atoms with Gasteiger partial charge in [-0.3, -0.25) is 9.78 Å². The summed E-state index contributed by atoms with van der Waals surface area (Å²) in [5.41, 5.74) is 3.29. The molecule has 0 aliphatic rings. The van der Waals surface area contributed by atoms with Crippen LogP contribution in [0, 0.1) is 6.92 Å². The first-order valence-electron chi connectivity index (χ1n) is 6.56. The number of pyridine rings is 1. The first-order valence-corrected chi connectivity index (χ1v) is 6.94. The van der Waals surface area contributed by atoms with Crippen LogP contribution in [0.2, 0.25) is 5.02 Å². The van der Waals surface area contributed by atoms with Gasteiger partial charge >= 0.3 is 0 Å². The molecule has 1 N–H and O–H groups in total. The van der Waals surface area contributed by atoms with Crippen LogP contribution in [0.5, 0.6) is 0 Å². The van der Waals surface area contributed by atoms with Gasteiger partial charge in [-0.1, -0.05) is 29.8 Å². The predicted molar refractivity (Wildman–Crippen MR) is 85.9 cm³/mol. The van der Waals surface area contributed by atoms with Crippen LogP contribution in [-0.2, 0) is 0 Å². The molecule has 1 aromatic heterocycles. The zero-order valence-electron chi connectivity index (χ0n) is 11.4. The molecule has 4 heteroatoms. The number of halogens is 1. The van der Waals surface area contributed by atoms with Crippen molar-refractivity contribution in [2.75, 3.05) is 5.32 Å². The standard InChI is InChI=1S/C17H13ClN2O/c1-11-3-2-4-14-15(9-10-19-16(11)14)20-17(21)12-5-7-13(18)8-6-12/h2-10H,1H3,(H,19,20,21). The molecule has 0 saturated carbocycles. The maximum Gasteiger partial charge on any atom is 0.255 e. The van der Waals surface area contributed by atoms with Gasteiger partial charge in [-0.15, -0.1) is 0 Å². The Bertz CT molecular complexity index is 813. The third kappa shape index (κ3) is 2.73. The molecule has 0 bridgehead atoms. The van der Waals surface area contributed by atoms with Gasteiger partial charge in [-0.05, 0) is 42.8 Å². The highest BCUT2D eigenvalue weighted by Gasteiger charge is 2.09. The maximum atomic E-state index is 12.3. The molecule has 0 aliphatic heterocycles. The largest absolute Gasteiger partial charge is 0.321 e. The minimum atomic E-state index is -0.166. The first-order chi connectivity index (χ1) is 10.1. The van der Waals surface area contributed by atoms with Crippen LogP contribution >= 0.6 is 11.6 Å². The summed E-state index contributed by atoms with van der Waals surface area (Å²) in [7, 11) is 0. The molecular formula is C17H13ClN2O. The van der Waals surface area contributed by atoms with Crippen LogP contribution < -0.4 is 5.32 Å². The summed E-state index contributed by atoms with van der Waals surface area (Å²) in [6.45, 7) is 2.00. The Morgan fingerprint density at radius 2 is 1.86 bits per heavy atom. The zero-order chi connectivity index (χ0) is 14.8. The zero-order valence-corrected chi connectivity index (χ0v) is 12.2. The Balaban J connectivity index is 1.96. The lowest BCUT2D eigenvalue weighted by atomic mass is 10.1. The Hall–Kier alpha value is -2.39. The third-order valence-electron chi connectivity index (χ3n) is 3.33. The predicted octanol–water partition coefficient (Wildman–Crippen LogP) is 4.45. The molecule has 0 saturated heterocycles. The third-order valence-corrected chi connectivity index (χ3v) is 3.58.